The predicted molar refractivity (Wildman–Crippen MR) is 118 cm³/mol. The van der Waals surface area contributed by atoms with Crippen LogP contribution >= 0.6 is 12.6 Å². The van der Waals surface area contributed by atoms with E-state index < -0.39 is 5.97 Å². The molecule has 0 bridgehead atoms. The van der Waals surface area contributed by atoms with E-state index in [0.717, 1.165) is 0 Å². The maximum Gasteiger partial charge on any atom is 0.341 e. The van der Waals surface area contributed by atoms with Gasteiger partial charge in [-0.3, -0.25) is 0 Å². The molecule has 0 amide bonds. The molecule has 0 radical (unpaired) electrons. The number of aromatic hydroxyl groups is 1. The molecule has 2 aromatic carbocycles. The van der Waals surface area contributed by atoms with Gasteiger partial charge in [0.25, 0.3) is 0 Å². The summed E-state index contributed by atoms with van der Waals surface area (Å²) in [7, 11) is 1.46. The summed E-state index contributed by atoms with van der Waals surface area (Å²) in [6.07, 6.45) is 1.56. The smallest absolute Gasteiger partial charge is 0.341 e. The number of ether oxygens (including phenoxy) is 3. The van der Waals surface area contributed by atoms with Crippen molar-refractivity contribution in [2.45, 2.75) is 6.92 Å². The van der Waals surface area contributed by atoms with Crippen molar-refractivity contribution in [1.29, 1.82) is 0 Å². The van der Waals surface area contributed by atoms with Gasteiger partial charge in [0, 0.05) is 28.8 Å². The Kier molecular flexibility index (Phi) is 5.81. The SMILES string of the molecule is CCOC(=O)c1cc2nn(-c3ccc4c(OCCS)nccc4c3O)nc2cc1OC. The molecule has 1 N–H and O–H groups in total. The number of hydrogen-bond acceptors (Lipinski definition) is 9. The van der Waals surface area contributed by atoms with Crippen molar-refractivity contribution in [2.75, 3.05) is 26.1 Å². The molecule has 2 aromatic heterocycles. The molecule has 0 saturated carbocycles. The molecule has 160 valence electrons. The average molecular weight is 440 g/mol. The van der Waals surface area contributed by atoms with Crippen LogP contribution in [0.15, 0.2) is 36.5 Å². The largest absolute Gasteiger partial charge is 0.505 e. The van der Waals surface area contributed by atoms with Crippen molar-refractivity contribution in [3.8, 4) is 23.1 Å². The fourth-order valence-electron chi connectivity index (χ4n) is 3.21. The van der Waals surface area contributed by atoms with E-state index in [9.17, 15) is 9.90 Å². The number of hydrogen-bond donors (Lipinski definition) is 2. The first-order valence-electron chi connectivity index (χ1n) is 9.54. The van der Waals surface area contributed by atoms with Crippen LogP contribution in [-0.4, -0.2) is 57.1 Å². The molecule has 31 heavy (non-hydrogen) atoms. The van der Waals surface area contributed by atoms with E-state index in [4.69, 9.17) is 14.2 Å². The summed E-state index contributed by atoms with van der Waals surface area (Å²) in [4.78, 5) is 17.8. The first kappa shape index (κ1) is 20.7. The van der Waals surface area contributed by atoms with Gasteiger partial charge in [0.1, 0.15) is 28.0 Å². The zero-order valence-corrected chi connectivity index (χ0v) is 17.8. The highest BCUT2D eigenvalue weighted by molar-refractivity contribution is 7.80. The predicted octanol–water partition coefficient (Wildman–Crippen LogP) is 3.17. The second-order valence-electron chi connectivity index (χ2n) is 6.47. The molecular formula is C21H20N4O5S. The fourth-order valence-corrected chi connectivity index (χ4v) is 3.30. The second-order valence-corrected chi connectivity index (χ2v) is 6.91. The quantitative estimate of drug-likeness (QED) is 0.333. The van der Waals surface area contributed by atoms with E-state index in [1.54, 1.807) is 43.5 Å². The van der Waals surface area contributed by atoms with Crippen molar-refractivity contribution in [3.05, 3.63) is 42.1 Å². The number of phenols is 1. The van der Waals surface area contributed by atoms with Crippen molar-refractivity contribution < 1.29 is 24.1 Å². The van der Waals surface area contributed by atoms with Gasteiger partial charge in [-0.1, -0.05) is 0 Å². The Labute approximate surface area is 183 Å². The maximum absolute atomic E-state index is 12.2. The van der Waals surface area contributed by atoms with Crippen LogP contribution in [0.3, 0.4) is 0 Å². The fraction of sp³-hybridized carbons (Fsp3) is 0.238. The minimum Gasteiger partial charge on any atom is -0.505 e. The highest BCUT2D eigenvalue weighted by Crippen LogP contribution is 2.35. The second kappa shape index (κ2) is 8.68. The molecule has 0 aliphatic carbocycles. The van der Waals surface area contributed by atoms with Gasteiger partial charge in [-0.05, 0) is 31.2 Å². The van der Waals surface area contributed by atoms with E-state index in [1.165, 1.54) is 11.9 Å². The van der Waals surface area contributed by atoms with Crippen LogP contribution in [0.5, 0.6) is 17.4 Å². The third-order valence-electron chi connectivity index (χ3n) is 4.60. The van der Waals surface area contributed by atoms with Crippen LogP contribution in [0.4, 0.5) is 0 Å². The number of carbonyl (C=O) groups is 1. The third kappa shape index (κ3) is 3.81. The topological polar surface area (TPSA) is 109 Å². The lowest BCUT2D eigenvalue weighted by Gasteiger charge is -2.10. The summed E-state index contributed by atoms with van der Waals surface area (Å²) in [6, 6.07) is 8.31. The standard InChI is InChI=1S/C21H20N4O5S/c1-3-29-21(27)14-10-15-16(11-18(14)28-2)24-25(23-15)17-5-4-13-12(19(17)26)6-7-22-20(13)30-8-9-31/h4-7,10-11,26,31H,3,8-9H2,1-2H3. The number of aromatic nitrogens is 4. The van der Waals surface area contributed by atoms with Gasteiger partial charge >= 0.3 is 5.97 Å². The first-order valence-corrected chi connectivity index (χ1v) is 10.2. The van der Waals surface area contributed by atoms with Crippen LogP contribution in [0, 0.1) is 0 Å². The molecule has 0 unspecified atom stereocenters. The van der Waals surface area contributed by atoms with Crippen molar-refractivity contribution in [3.63, 3.8) is 0 Å². The molecule has 0 fully saturated rings. The van der Waals surface area contributed by atoms with E-state index in [-0.39, 0.29) is 17.9 Å². The van der Waals surface area contributed by atoms with E-state index in [2.05, 4.69) is 27.8 Å². The number of methoxy groups -OCH3 is 1. The molecule has 0 atom stereocenters. The highest BCUT2D eigenvalue weighted by Gasteiger charge is 2.19. The van der Waals surface area contributed by atoms with E-state index in [0.29, 0.717) is 51.5 Å². The Hall–Kier alpha value is -3.53. The third-order valence-corrected chi connectivity index (χ3v) is 4.78. The number of benzene rings is 2. The molecule has 2 heterocycles. The number of fused-ring (bicyclic) bond motifs is 2. The number of phenolic OH excluding ortho intramolecular Hbond substituents is 1. The van der Waals surface area contributed by atoms with Gasteiger partial charge < -0.3 is 19.3 Å². The number of esters is 1. The average Bonchev–Trinajstić information content (AvgIpc) is 3.20. The highest BCUT2D eigenvalue weighted by atomic mass is 32.1. The normalized spacial score (nSPS) is 11.1. The van der Waals surface area contributed by atoms with Crippen LogP contribution < -0.4 is 9.47 Å². The minimum atomic E-state index is -0.509. The Morgan fingerprint density at radius 3 is 2.65 bits per heavy atom. The number of nitrogens with zero attached hydrogens (tertiary/aromatic N) is 4. The van der Waals surface area contributed by atoms with Gasteiger partial charge in [0.05, 0.1) is 20.3 Å². The van der Waals surface area contributed by atoms with E-state index in [1.807, 2.05) is 0 Å². The Morgan fingerprint density at radius 1 is 1.16 bits per heavy atom. The lowest BCUT2D eigenvalue weighted by molar-refractivity contribution is 0.0523. The van der Waals surface area contributed by atoms with E-state index >= 15 is 0 Å². The molecule has 9 nitrogen and oxygen atoms in total. The summed E-state index contributed by atoms with van der Waals surface area (Å²) in [5.41, 5.74) is 1.57. The zero-order valence-electron chi connectivity index (χ0n) is 16.9. The number of carbonyl (C=O) groups excluding carboxylic acids is 1. The molecule has 10 heteroatoms. The van der Waals surface area contributed by atoms with Crippen LogP contribution in [-0.2, 0) is 4.74 Å². The van der Waals surface area contributed by atoms with Crippen molar-refractivity contribution in [1.82, 2.24) is 20.0 Å². The Morgan fingerprint density at radius 2 is 1.94 bits per heavy atom. The van der Waals surface area contributed by atoms with Crippen molar-refractivity contribution >= 4 is 40.4 Å². The lowest BCUT2D eigenvalue weighted by Crippen LogP contribution is -2.06. The number of rotatable bonds is 7. The van der Waals surface area contributed by atoms with Crippen LogP contribution in [0.25, 0.3) is 27.5 Å². The zero-order chi connectivity index (χ0) is 22.0. The van der Waals surface area contributed by atoms with Gasteiger partial charge in [-0.25, -0.2) is 9.78 Å². The van der Waals surface area contributed by atoms with Crippen molar-refractivity contribution in [2.24, 2.45) is 0 Å². The van der Waals surface area contributed by atoms with Crippen LogP contribution in [0.2, 0.25) is 0 Å². The molecular weight excluding hydrogens is 420 g/mol. The molecule has 0 aliphatic rings. The monoisotopic (exact) mass is 440 g/mol. The molecule has 4 rings (SSSR count). The van der Waals surface area contributed by atoms with Gasteiger partial charge in [-0.2, -0.15) is 12.6 Å². The maximum atomic E-state index is 12.2. The minimum absolute atomic E-state index is 0.0199. The number of pyridine rings is 1. The summed E-state index contributed by atoms with van der Waals surface area (Å²) < 4.78 is 16.0. The van der Waals surface area contributed by atoms with Gasteiger partial charge in [0.2, 0.25) is 5.88 Å². The summed E-state index contributed by atoms with van der Waals surface area (Å²) in [5, 5.41) is 21.0. The molecule has 4 aromatic rings. The summed E-state index contributed by atoms with van der Waals surface area (Å²) in [5.74, 6) is 0.760. The molecule has 0 aliphatic heterocycles. The summed E-state index contributed by atoms with van der Waals surface area (Å²) in [6.45, 7) is 2.37. The van der Waals surface area contributed by atoms with Crippen LogP contribution in [0.1, 0.15) is 17.3 Å². The number of thiol groups is 1. The lowest BCUT2D eigenvalue weighted by atomic mass is 10.1. The summed E-state index contributed by atoms with van der Waals surface area (Å²) >= 11 is 4.14. The Bertz CT molecular complexity index is 1270. The van der Waals surface area contributed by atoms with Gasteiger partial charge in [-0.15, -0.1) is 15.0 Å². The Balaban J connectivity index is 1.81. The molecule has 0 spiro atoms. The van der Waals surface area contributed by atoms with Gasteiger partial charge in [0.15, 0.2) is 5.75 Å². The molecule has 0 saturated heterocycles. The first-order chi connectivity index (χ1) is 15.1.